The van der Waals surface area contributed by atoms with Crippen molar-refractivity contribution in [2.75, 3.05) is 19.2 Å². The van der Waals surface area contributed by atoms with E-state index in [0.717, 1.165) is 5.56 Å². The zero-order valence-corrected chi connectivity index (χ0v) is 12.6. The molecular formula is C16H14ClNO4. The average molecular weight is 320 g/mol. The Morgan fingerprint density at radius 3 is 2.82 bits per heavy atom. The van der Waals surface area contributed by atoms with E-state index in [4.69, 9.17) is 25.8 Å². The van der Waals surface area contributed by atoms with Crippen LogP contribution >= 0.6 is 11.6 Å². The van der Waals surface area contributed by atoms with E-state index in [2.05, 4.69) is 5.32 Å². The van der Waals surface area contributed by atoms with Gasteiger partial charge in [0.2, 0.25) is 12.7 Å². The predicted molar refractivity (Wildman–Crippen MR) is 82.9 cm³/mol. The maximum atomic E-state index is 12.1. The summed E-state index contributed by atoms with van der Waals surface area (Å²) in [5.41, 5.74) is 1.47. The Labute approximate surface area is 132 Å². The molecule has 2 aromatic rings. The van der Waals surface area contributed by atoms with Crippen LogP contribution in [-0.4, -0.2) is 19.8 Å². The number of anilines is 1. The number of benzene rings is 2. The number of ether oxygens (including phenoxy) is 3. The average Bonchev–Trinajstić information content (AvgIpc) is 2.95. The van der Waals surface area contributed by atoms with E-state index in [1.54, 1.807) is 31.4 Å². The van der Waals surface area contributed by atoms with E-state index in [-0.39, 0.29) is 19.1 Å². The molecule has 114 valence electrons. The van der Waals surface area contributed by atoms with Gasteiger partial charge in [-0.25, -0.2) is 0 Å². The highest BCUT2D eigenvalue weighted by molar-refractivity contribution is 6.32. The summed E-state index contributed by atoms with van der Waals surface area (Å²) in [6.07, 6.45) is 0.236. The quantitative estimate of drug-likeness (QED) is 0.939. The number of methoxy groups -OCH3 is 1. The summed E-state index contributed by atoms with van der Waals surface area (Å²) in [4.78, 5) is 12.1. The summed E-state index contributed by atoms with van der Waals surface area (Å²) in [6.45, 7) is 0.218. The van der Waals surface area contributed by atoms with Gasteiger partial charge in [-0.3, -0.25) is 4.79 Å². The summed E-state index contributed by atoms with van der Waals surface area (Å²) < 4.78 is 15.6. The van der Waals surface area contributed by atoms with Gasteiger partial charge in [-0.05, 0) is 35.9 Å². The zero-order chi connectivity index (χ0) is 15.5. The van der Waals surface area contributed by atoms with Gasteiger partial charge in [0.25, 0.3) is 0 Å². The van der Waals surface area contributed by atoms with Crippen molar-refractivity contribution in [3.8, 4) is 17.2 Å². The number of fused-ring (bicyclic) bond motifs is 1. The Morgan fingerprint density at radius 2 is 2.05 bits per heavy atom. The highest BCUT2D eigenvalue weighted by atomic mass is 35.5. The predicted octanol–water partition coefficient (Wildman–Crippen LogP) is 3.26. The molecule has 1 aliphatic heterocycles. The first-order valence-electron chi connectivity index (χ1n) is 6.67. The minimum absolute atomic E-state index is 0.139. The molecule has 0 atom stereocenters. The number of carbonyl (C=O) groups excluding carboxylic acids is 1. The van der Waals surface area contributed by atoms with E-state index < -0.39 is 0 Å². The van der Waals surface area contributed by atoms with Crippen molar-refractivity contribution in [1.29, 1.82) is 0 Å². The van der Waals surface area contributed by atoms with Gasteiger partial charge >= 0.3 is 0 Å². The van der Waals surface area contributed by atoms with Crippen LogP contribution in [0.25, 0.3) is 0 Å². The molecule has 1 aliphatic rings. The second-order valence-electron chi connectivity index (χ2n) is 4.76. The van der Waals surface area contributed by atoms with Crippen LogP contribution in [0, 0.1) is 0 Å². The van der Waals surface area contributed by atoms with Crippen LogP contribution in [0.3, 0.4) is 0 Å². The van der Waals surface area contributed by atoms with Gasteiger partial charge in [-0.2, -0.15) is 0 Å². The fourth-order valence-electron chi connectivity index (χ4n) is 2.19. The molecule has 0 aliphatic carbocycles. The van der Waals surface area contributed by atoms with Crippen molar-refractivity contribution in [3.05, 3.63) is 47.0 Å². The maximum Gasteiger partial charge on any atom is 0.231 e. The molecule has 0 aromatic heterocycles. The monoisotopic (exact) mass is 319 g/mol. The normalized spacial score (nSPS) is 12.1. The summed E-state index contributed by atoms with van der Waals surface area (Å²) >= 11 is 6.03. The largest absolute Gasteiger partial charge is 0.495 e. The first-order valence-corrected chi connectivity index (χ1v) is 7.05. The van der Waals surface area contributed by atoms with Crippen molar-refractivity contribution in [2.24, 2.45) is 0 Å². The number of carbonyl (C=O) groups is 1. The minimum atomic E-state index is -0.139. The minimum Gasteiger partial charge on any atom is -0.495 e. The van der Waals surface area contributed by atoms with Crippen LogP contribution < -0.4 is 19.5 Å². The summed E-state index contributed by atoms with van der Waals surface area (Å²) in [6, 6.07) is 10.5. The summed E-state index contributed by atoms with van der Waals surface area (Å²) in [5, 5.41) is 3.25. The molecule has 0 saturated heterocycles. The standard InChI is InChI=1S/C16H14ClNO4/c1-20-13-5-3-11(8-12(13)17)18-16(19)7-10-2-4-14-15(6-10)22-9-21-14/h2-6,8H,7,9H2,1H3,(H,18,19). The Kier molecular flexibility index (Phi) is 4.06. The van der Waals surface area contributed by atoms with Gasteiger partial charge in [0.15, 0.2) is 11.5 Å². The maximum absolute atomic E-state index is 12.1. The van der Waals surface area contributed by atoms with E-state index in [0.29, 0.717) is 28.0 Å². The molecule has 6 heteroatoms. The molecule has 5 nitrogen and oxygen atoms in total. The third-order valence-electron chi connectivity index (χ3n) is 3.24. The first-order chi connectivity index (χ1) is 10.7. The van der Waals surface area contributed by atoms with Crippen LogP contribution in [0.4, 0.5) is 5.69 Å². The van der Waals surface area contributed by atoms with Crippen LogP contribution in [0.1, 0.15) is 5.56 Å². The van der Waals surface area contributed by atoms with Crippen LogP contribution in [0.5, 0.6) is 17.2 Å². The van der Waals surface area contributed by atoms with E-state index in [1.165, 1.54) is 0 Å². The molecule has 0 saturated carbocycles. The number of nitrogens with one attached hydrogen (secondary N) is 1. The van der Waals surface area contributed by atoms with Crippen LogP contribution in [-0.2, 0) is 11.2 Å². The van der Waals surface area contributed by atoms with Gasteiger partial charge in [0, 0.05) is 5.69 Å². The Bertz CT molecular complexity index is 717. The molecule has 0 bridgehead atoms. The molecule has 0 spiro atoms. The number of hydrogen-bond donors (Lipinski definition) is 1. The van der Waals surface area contributed by atoms with Gasteiger partial charge < -0.3 is 19.5 Å². The van der Waals surface area contributed by atoms with E-state index >= 15 is 0 Å². The molecule has 1 N–H and O–H groups in total. The highest BCUT2D eigenvalue weighted by Crippen LogP contribution is 2.32. The molecule has 2 aromatic carbocycles. The lowest BCUT2D eigenvalue weighted by atomic mass is 10.1. The van der Waals surface area contributed by atoms with Gasteiger partial charge in [0.1, 0.15) is 5.75 Å². The Balaban J connectivity index is 1.66. The molecule has 22 heavy (non-hydrogen) atoms. The van der Waals surface area contributed by atoms with Gasteiger partial charge in [-0.1, -0.05) is 17.7 Å². The highest BCUT2D eigenvalue weighted by Gasteiger charge is 2.14. The number of halogens is 1. The van der Waals surface area contributed by atoms with Crippen molar-refractivity contribution in [3.63, 3.8) is 0 Å². The second-order valence-corrected chi connectivity index (χ2v) is 5.17. The third-order valence-corrected chi connectivity index (χ3v) is 3.53. The molecular weight excluding hydrogens is 306 g/mol. The van der Waals surface area contributed by atoms with Crippen LogP contribution in [0.15, 0.2) is 36.4 Å². The molecule has 0 fully saturated rings. The van der Waals surface area contributed by atoms with Gasteiger partial charge in [0.05, 0.1) is 18.6 Å². The Morgan fingerprint density at radius 1 is 1.23 bits per heavy atom. The summed E-state index contributed by atoms with van der Waals surface area (Å²) in [5.74, 6) is 1.79. The number of rotatable bonds is 4. The van der Waals surface area contributed by atoms with Crippen molar-refractivity contribution >= 4 is 23.2 Å². The summed E-state index contributed by atoms with van der Waals surface area (Å²) in [7, 11) is 1.54. The van der Waals surface area contributed by atoms with Crippen LogP contribution in [0.2, 0.25) is 5.02 Å². The first kappa shape index (κ1) is 14.5. The van der Waals surface area contributed by atoms with E-state index in [9.17, 15) is 4.79 Å². The fourth-order valence-corrected chi connectivity index (χ4v) is 2.44. The zero-order valence-electron chi connectivity index (χ0n) is 11.9. The SMILES string of the molecule is COc1ccc(NC(=O)Cc2ccc3c(c2)OCO3)cc1Cl. The van der Waals surface area contributed by atoms with Crippen molar-refractivity contribution in [1.82, 2.24) is 0 Å². The second kappa shape index (κ2) is 6.15. The van der Waals surface area contributed by atoms with E-state index in [1.807, 2.05) is 12.1 Å². The van der Waals surface area contributed by atoms with Crippen molar-refractivity contribution in [2.45, 2.75) is 6.42 Å². The lowest BCUT2D eigenvalue weighted by molar-refractivity contribution is -0.115. The fraction of sp³-hybridized carbons (Fsp3) is 0.188. The molecule has 1 heterocycles. The number of hydrogen-bond acceptors (Lipinski definition) is 4. The smallest absolute Gasteiger partial charge is 0.231 e. The molecule has 0 radical (unpaired) electrons. The number of amides is 1. The lowest BCUT2D eigenvalue weighted by Crippen LogP contribution is -2.14. The van der Waals surface area contributed by atoms with Gasteiger partial charge in [-0.15, -0.1) is 0 Å². The van der Waals surface area contributed by atoms with Crippen molar-refractivity contribution < 1.29 is 19.0 Å². The Hall–Kier alpha value is -2.40. The molecule has 1 amide bonds. The lowest BCUT2D eigenvalue weighted by Gasteiger charge is -2.08. The molecule has 3 rings (SSSR count). The molecule has 0 unspecified atom stereocenters. The third kappa shape index (κ3) is 3.09. The topological polar surface area (TPSA) is 56.8 Å².